The first-order valence-corrected chi connectivity index (χ1v) is 8.33. The number of halogens is 3. The van der Waals surface area contributed by atoms with Gasteiger partial charge in [0.2, 0.25) is 5.13 Å². The van der Waals surface area contributed by atoms with Crippen LogP contribution in [0.3, 0.4) is 0 Å². The molecule has 116 valence electrons. The zero-order chi connectivity index (χ0) is 16.4. The molecule has 1 aromatic heterocycles. The molecule has 0 atom stereocenters. The molecule has 0 bridgehead atoms. The molecule has 3 rings (SSSR count). The molecular formula is C15H8BrClFN3OS. The molecule has 0 fully saturated rings. The van der Waals surface area contributed by atoms with E-state index in [1.165, 1.54) is 12.1 Å². The van der Waals surface area contributed by atoms with Crippen LogP contribution in [0.15, 0.2) is 46.9 Å². The molecule has 0 unspecified atom stereocenters. The summed E-state index contributed by atoms with van der Waals surface area (Å²) in [4.78, 5) is 16.4. The summed E-state index contributed by atoms with van der Waals surface area (Å²) in [5, 5.41) is 3.47. The molecule has 0 saturated carbocycles. The Morgan fingerprint density at radius 3 is 2.65 bits per heavy atom. The topological polar surface area (TPSA) is 54.9 Å². The maximum absolute atomic E-state index is 12.9. The van der Waals surface area contributed by atoms with Crippen molar-refractivity contribution in [3.05, 3.63) is 63.3 Å². The lowest BCUT2D eigenvalue weighted by Crippen LogP contribution is -2.11. The Balaban J connectivity index is 1.78. The van der Waals surface area contributed by atoms with Crippen LogP contribution >= 0.6 is 39.1 Å². The maximum Gasteiger partial charge on any atom is 0.257 e. The van der Waals surface area contributed by atoms with E-state index in [9.17, 15) is 9.18 Å². The van der Waals surface area contributed by atoms with E-state index >= 15 is 0 Å². The largest absolute Gasteiger partial charge is 0.297 e. The molecule has 4 nitrogen and oxygen atoms in total. The van der Waals surface area contributed by atoms with Gasteiger partial charge in [-0.05, 0) is 42.5 Å². The number of aromatic nitrogens is 2. The van der Waals surface area contributed by atoms with Crippen molar-refractivity contribution in [3.8, 4) is 11.4 Å². The Labute approximate surface area is 148 Å². The monoisotopic (exact) mass is 411 g/mol. The van der Waals surface area contributed by atoms with Crippen molar-refractivity contribution in [1.29, 1.82) is 0 Å². The van der Waals surface area contributed by atoms with Crippen LogP contribution in [0.4, 0.5) is 9.52 Å². The van der Waals surface area contributed by atoms with E-state index in [4.69, 9.17) is 11.6 Å². The molecule has 1 heterocycles. The summed E-state index contributed by atoms with van der Waals surface area (Å²) in [6.45, 7) is 0. The molecule has 0 aliphatic rings. The van der Waals surface area contributed by atoms with Crippen LogP contribution in [-0.2, 0) is 0 Å². The van der Waals surface area contributed by atoms with Gasteiger partial charge in [0.25, 0.3) is 5.91 Å². The summed E-state index contributed by atoms with van der Waals surface area (Å²) in [6, 6.07) is 10.7. The van der Waals surface area contributed by atoms with E-state index in [-0.39, 0.29) is 11.7 Å². The first kappa shape index (κ1) is 16.0. The number of carbonyl (C=O) groups excluding carboxylic acids is 1. The van der Waals surface area contributed by atoms with Crippen molar-refractivity contribution in [1.82, 2.24) is 9.36 Å². The number of benzene rings is 2. The molecule has 1 amide bonds. The van der Waals surface area contributed by atoms with Gasteiger partial charge in [-0.3, -0.25) is 10.1 Å². The number of nitrogens with one attached hydrogen (secondary N) is 1. The van der Waals surface area contributed by atoms with E-state index in [1.54, 1.807) is 30.3 Å². The van der Waals surface area contributed by atoms with Crippen molar-refractivity contribution < 1.29 is 9.18 Å². The lowest BCUT2D eigenvalue weighted by molar-refractivity contribution is 0.102. The molecule has 23 heavy (non-hydrogen) atoms. The van der Waals surface area contributed by atoms with Gasteiger partial charge in [0.15, 0.2) is 5.82 Å². The summed E-state index contributed by atoms with van der Waals surface area (Å²) in [5.41, 5.74) is 1.08. The van der Waals surface area contributed by atoms with Gasteiger partial charge in [0.05, 0.1) is 0 Å². The van der Waals surface area contributed by atoms with Crippen LogP contribution in [0.2, 0.25) is 5.02 Å². The zero-order valence-corrected chi connectivity index (χ0v) is 14.5. The summed E-state index contributed by atoms with van der Waals surface area (Å²) in [7, 11) is 0. The Morgan fingerprint density at radius 2 is 1.96 bits per heavy atom. The highest BCUT2D eigenvalue weighted by Crippen LogP contribution is 2.23. The lowest BCUT2D eigenvalue weighted by atomic mass is 10.2. The van der Waals surface area contributed by atoms with Gasteiger partial charge in [-0.25, -0.2) is 4.39 Å². The van der Waals surface area contributed by atoms with Gasteiger partial charge in [-0.15, -0.1) is 0 Å². The number of carbonyl (C=O) groups is 1. The van der Waals surface area contributed by atoms with Crippen molar-refractivity contribution in [2.45, 2.75) is 0 Å². The standard InChI is InChI=1S/C15H8BrClFN3OS/c16-10-5-9(6-11(17)7-10)14(22)20-15-19-13(21-23-15)8-1-3-12(18)4-2-8/h1-7H,(H,19,20,21,22). The van der Waals surface area contributed by atoms with E-state index < -0.39 is 0 Å². The minimum absolute atomic E-state index is 0.330. The van der Waals surface area contributed by atoms with E-state index in [1.807, 2.05) is 0 Å². The van der Waals surface area contributed by atoms with Crippen molar-refractivity contribution >= 4 is 50.1 Å². The minimum atomic E-state index is -0.338. The summed E-state index contributed by atoms with van der Waals surface area (Å²) < 4.78 is 17.8. The molecule has 2 aromatic carbocycles. The SMILES string of the molecule is O=C(Nc1nc(-c2ccc(F)cc2)ns1)c1cc(Cl)cc(Br)c1. The second kappa shape index (κ2) is 6.74. The van der Waals surface area contributed by atoms with Gasteiger partial charge < -0.3 is 0 Å². The van der Waals surface area contributed by atoms with Crippen LogP contribution in [0.25, 0.3) is 11.4 Å². The Kier molecular flexibility index (Phi) is 4.70. The summed E-state index contributed by atoms with van der Waals surface area (Å²) in [5.74, 6) is -0.239. The molecule has 8 heteroatoms. The van der Waals surface area contributed by atoms with Crippen LogP contribution in [0, 0.1) is 5.82 Å². The number of rotatable bonds is 3. The normalized spacial score (nSPS) is 10.6. The van der Waals surface area contributed by atoms with Gasteiger partial charge in [0.1, 0.15) is 5.82 Å². The van der Waals surface area contributed by atoms with Crippen molar-refractivity contribution in [3.63, 3.8) is 0 Å². The van der Waals surface area contributed by atoms with Crippen LogP contribution < -0.4 is 5.32 Å². The predicted molar refractivity (Wildman–Crippen MR) is 92.4 cm³/mol. The maximum atomic E-state index is 12.9. The van der Waals surface area contributed by atoms with Crippen molar-refractivity contribution in [2.75, 3.05) is 5.32 Å². The third-order valence-corrected chi connectivity index (χ3v) is 4.18. The van der Waals surface area contributed by atoms with Gasteiger partial charge in [0, 0.05) is 32.2 Å². The molecule has 3 aromatic rings. The number of amides is 1. The van der Waals surface area contributed by atoms with Crippen LogP contribution in [0.5, 0.6) is 0 Å². The predicted octanol–water partition coefficient (Wildman–Crippen LogP) is 5.01. The summed E-state index contributed by atoms with van der Waals surface area (Å²) in [6.07, 6.45) is 0. The number of nitrogens with zero attached hydrogens (tertiary/aromatic N) is 2. The molecule has 0 spiro atoms. The average molecular weight is 413 g/mol. The minimum Gasteiger partial charge on any atom is -0.297 e. The van der Waals surface area contributed by atoms with Gasteiger partial charge >= 0.3 is 0 Å². The smallest absolute Gasteiger partial charge is 0.257 e. The zero-order valence-electron chi connectivity index (χ0n) is 11.4. The Morgan fingerprint density at radius 1 is 1.22 bits per heavy atom. The van der Waals surface area contributed by atoms with Crippen LogP contribution in [-0.4, -0.2) is 15.3 Å². The van der Waals surface area contributed by atoms with E-state index in [2.05, 4.69) is 30.6 Å². The first-order valence-electron chi connectivity index (χ1n) is 6.38. The highest BCUT2D eigenvalue weighted by atomic mass is 79.9. The van der Waals surface area contributed by atoms with E-state index in [0.29, 0.717) is 31.6 Å². The number of anilines is 1. The fraction of sp³-hybridized carbons (Fsp3) is 0. The second-order valence-corrected chi connectivity index (χ2v) is 6.65. The molecule has 1 N–H and O–H groups in total. The highest BCUT2D eigenvalue weighted by molar-refractivity contribution is 9.10. The average Bonchev–Trinajstić information content (AvgIpc) is 2.95. The molecule has 0 aliphatic heterocycles. The lowest BCUT2D eigenvalue weighted by Gasteiger charge is -2.02. The second-order valence-electron chi connectivity index (χ2n) is 4.54. The van der Waals surface area contributed by atoms with Gasteiger partial charge in [-0.2, -0.15) is 9.36 Å². The molecule has 0 radical (unpaired) electrons. The third kappa shape index (κ3) is 3.93. The fourth-order valence-electron chi connectivity index (χ4n) is 1.84. The fourth-order valence-corrected chi connectivity index (χ4v) is 3.29. The van der Waals surface area contributed by atoms with E-state index in [0.717, 1.165) is 11.5 Å². The summed E-state index contributed by atoms with van der Waals surface area (Å²) >= 11 is 10.3. The molecule has 0 aliphatic carbocycles. The van der Waals surface area contributed by atoms with Crippen molar-refractivity contribution in [2.24, 2.45) is 0 Å². The first-order chi connectivity index (χ1) is 11.0. The molecule has 0 saturated heterocycles. The highest BCUT2D eigenvalue weighted by Gasteiger charge is 2.12. The Bertz CT molecular complexity index is 849. The quantitative estimate of drug-likeness (QED) is 0.658. The third-order valence-electron chi connectivity index (χ3n) is 2.87. The molecular weight excluding hydrogens is 405 g/mol. The number of hydrogen-bond donors (Lipinski definition) is 1. The Hall–Kier alpha value is -1.83. The van der Waals surface area contributed by atoms with Crippen LogP contribution in [0.1, 0.15) is 10.4 Å². The number of hydrogen-bond acceptors (Lipinski definition) is 4. The van der Waals surface area contributed by atoms with Gasteiger partial charge in [-0.1, -0.05) is 27.5 Å².